The number of hydrogen-bond donors (Lipinski definition) is 1. The van der Waals surface area contributed by atoms with Crippen molar-refractivity contribution in [2.75, 3.05) is 5.32 Å². The molecule has 3 saturated carbocycles. The number of anilines is 1. The van der Waals surface area contributed by atoms with Gasteiger partial charge in [0.25, 0.3) is 0 Å². The van der Waals surface area contributed by atoms with E-state index in [1.165, 1.54) is 0 Å². The van der Waals surface area contributed by atoms with Gasteiger partial charge in [-0.15, -0.1) is 10.2 Å². The lowest BCUT2D eigenvalue weighted by Crippen LogP contribution is -2.91. The van der Waals surface area contributed by atoms with Crippen molar-refractivity contribution in [3.8, 4) is 11.4 Å². The summed E-state index contributed by atoms with van der Waals surface area (Å²) in [5, 5.41) is 10.5. The molecule has 0 spiro atoms. The van der Waals surface area contributed by atoms with E-state index >= 15 is 0 Å². The van der Waals surface area contributed by atoms with Crippen molar-refractivity contribution in [3.05, 3.63) is 53.5 Å². The molecule has 1 N–H and O–H groups in total. The van der Waals surface area contributed by atoms with Gasteiger partial charge in [0.15, 0.2) is 11.6 Å². The average Bonchev–Trinajstić information content (AvgIpc) is 3.59. The van der Waals surface area contributed by atoms with Crippen molar-refractivity contribution >= 4 is 11.7 Å². The molecule has 13 heteroatoms. The summed E-state index contributed by atoms with van der Waals surface area (Å²) in [5.41, 5.74) is -3.07. The molecule has 0 radical (unpaired) electrons. The van der Waals surface area contributed by atoms with Crippen LogP contribution < -0.4 is 5.32 Å². The zero-order chi connectivity index (χ0) is 25.9. The molecule has 1 saturated heterocycles. The maximum atomic E-state index is 14.9. The van der Waals surface area contributed by atoms with Gasteiger partial charge in [-0.25, -0.2) is 23.5 Å². The van der Waals surface area contributed by atoms with Gasteiger partial charge < -0.3 is 14.6 Å². The number of aryl methyl sites for hydroxylation is 1. The minimum atomic E-state index is -4.94. The largest absolute Gasteiger partial charge is 0.423 e. The van der Waals surface area contributed by atoms with Crippen LogP contribution >= 0.6 is 0 Å². The number of piperidine rings is 3. The maximum absolute atomic E-state index is 14.9. The predicted molar refractivity (Wildman–Crippen MR) is 116 cm³/mol. The Morgan fingerprint density at radius 3 is 2.49 bits per heavy atom. The molecule has 1 unspecified atom stereocenters. The predicted octanol–water partition coefficient (Wildman–Crippen LogP) is 5.06. The quantitative estimate of drug-likeness (QED) is 0.485. The highest BCUT2D eigenvalue weighted by atomic mass is 19.4. The van der Waals surface area contributed by atoms with Crippen molar-refractivity contribution in [2.45, 2.75) is 50.4 Å². The minimum absolute atomic E-state index is 0.0982. The van der Waals surface area contributed by atoms with E-state index in [0.29, 0.717) is 36.5 Å². The smallest absolute Gasteiger partial charge is 0.417 e. The van der Waals surface area contributed by atoms with Crippen molar-refractivity contribution in [2.24, 2.45) is 17.3 Å². The number of urea groups is 1. The van der Waals surface area contributed by atoms with Crippen LogP contribution in [0, 0.1) is 35.8 Å². The summed E-state index contributed by atoms with van der Waals surface area (Å²) >= 11 is 0. The van der Waals surface area contributed by atoms with Gasteiger partial charge in [0, 0.05) is 24.4 Å². The first-order valence-corrected chi connectivity index (χ1v) is 11.8. The summed E-state index contributed by atoms with van der Waals surface area (Å²) < 4.78 is 74.9. The van der Waals surface area contributed by atoms with Crippen LogP contribution in [-0.4, -0.2) is 37.1 Å². The first-order chi connectivity index (χ1) is 17.5. The monoisotopic (exact) mass is 518 g/mol. The van der Waals surface area contributed by atoms with E-state index in [0.717, 1.165) is 25.3 Å². The van der Waals surface area contributed by atoms with Crippen LogP contribution in [0.3, 0.4) is 0 Å². The number of alkyl halides is 3. The number of nitrogens with one attached hydrogen (secondary N) is 1. The van der Waals surface area contributed by atoms with Gasteiger partial charge >= 0.3 is 12.2 Å². The summed E-state index contributed by atoms with van der Waals surface area (Å²) in [4.78, 5) is 22.3. The second kappa shape index (κ2) is 7.01. The summed E-state index contributed by atoms with van der Waals surface area (Å²) in [6, 6.07) is 0.323. The third-order valence-corrected chi connectivity index (χ3v) is 8.49. The van der Waals surface area contributed by atoms with E-state index in [1.54, 1.807) is 11.8 Å². The Kier molecular flexibility index (Phi) is 4.27. The Morgan fingerprint density at radius 1 is 1.16 bits per heavy atom. The fourth-order valence-corrected chi connectivity index (χ4v) is 7.06. The lowest BCUT2D eigenvalue weighted by molar-refractivity contribution is -0.365. The van der Waals surface area contributed by atoms with E-state index in [9.17, 15) is 26.7 Å². The molecule has 1 aromatic carbocycles. The zero-order valence-electron chi connectivity index (χ0n) is 19.3. The number of likely N-dealkylation sites (tertiary alicyclic amines) is 1. The first-order valence-electron chi connectivity index (χ1n) is 11.8. The van der Waals surface area contributed by atoms with Gasteiger partial charge in [0.2, 0.25) is 11.8 Å². The SMILES string of the molecule is Cc1nnc([C@]23C[C@]4(C5CC5)C[C@H](C42)N3C(=O)Nc2cc(-c3ncc(F)cn3)c(C(F)(F)F)cc2F)o1. The highest BCUT2D eigenvalue weighted by Gasteiger charge is 2.88. The van der Waals surface area contributed by atoms with E-state index in [-0.39, 0.29) is 23.4 Å². The fraction of sp³-hybridized carbons (Fsp3) is 0.458. The van der Waals surface area contributed by atoms with Gasteiger partial charge in [0.1, 0.15) is 11.4 Å². The Hall–Kier alpha value is -3.64. The van der Waals surface area contributed by atoms with Crippen molar-refractivity contribution in [1.82, 2.24) is 25.1 Å². The van der Waals surface area contributed by atoms with Gasteiger partial charge in [-0.3, -0.25) is 0 Å². The molecule has 3 heterocycles. The molecule has 1 aliphatic heterocycles. The lowest BCUT2D eigenvalue weighted by atomic mass is 9.29. The molecule has 3 aliphatic carbocycles. The third kappa shape index (κ3) is 2.90. The second-order valence-corrected chi connectivity index (χ2v) is 10.4. The maximum Gasteiger partial charge on any atom is 0.417 e. The van der Waals surface area contributed by atoms with Crippen molar-refractivity contribution in [1.29, 1.82) is 0 Å². The van der Waals surface area contributed by atoms with Crippen LogP contribution in [0.5, 0.6) is 0 Å². The number of carbonyl (C=O) groups is 1. The Labute approximate surface area is 206 Å². The van der Waals surface area contributed by atoms with Crippen LogP contribution in [0.4, 0.5) is 32.4 Å². The van der Waals surface area contributed by atoms with Gasteiger partial charge in [-0.1, -0.05) is 0 Å². The summed E-state index contributed by atoms with van der Waals surface area (Å²) in [6.07, 6.45) is 0.253. The fourth-order valence-electron chi connectivity index (χ4n) is 7.06. The summed E-state index contributed by atoms with van der Waals surface area (Å²) in [6.45, 7) is 1.65. The first kappa shape index (κ1) is 22.5. The normalized spacial score (nSPS) is 29.6. The minimum Gasteiger partial charge on any atom is -0.423 e. The number of nitrogens with zero attached hydrogens (tertiary/aromatic N) is 5. The molecule has 0 bridgehead atoms. The van der Waals surface area contributed by atoms with E-state index in [1.807, 2.05) is 0 Å². The number of aromatic nitrogens is 4. The zero-order valence-corrected chi connectivity index (χ0v) is 19.3. The molecule has 4 atom stereocenters. The van der Waals surface area contributed by atoms with E-state index < -0.39 is 52.0 Å². The standard InChI is InChI=1S/C24H19F5N6O2/c1-10-33-34-20(37-10)23-9-22(11-2-3-11)6-17(18(22)23)35(23)21(36)32-16-4-13(19-30-7-12(25)8-31-19)14(5-15(16)26)24(27,28)29/h4-5,7-8,11,17-18H,2-3,6,9H2,1H3,(H,32,36)/t17-,18?,22+,23+/m1/s1. The summed E-state index contributed by atoms with van der Waals surface area (Å²) in [7, 11) is 0. The van der Waals surface area contributed by atoms with Gasteiger partial charge in [-0.2, -0.15) is 13.2 Å². The van der Waals surface area contributed by atoms with E-state index in [4.69, 9.17) is 4.42 Å². The number of rotatable bonds is 4. The molecule has 4 aliphatic rings. The van der Waals surface area contributed by atoms with Crippen LogP contribution in [0.2, 0.25) is 0 Å². The Bertz CT molecular complexity index is 1450. The van der Waals surface area contributed by atoms with Crippen LogP contribution in [0.1, 0.15) is 43.0 Å². The van der Waals surface area contributed by atoms with Crippen molar-refractivity contribution < 1.29 is 31.2 Å². The molecule has 2 amide bonds. The highest BCUT2D eigenvalue weighted by molar-refractivity contribution is 5.93. The number of hydrogen-bond acceptors (Lipinski definition) is 6. The van der Waals surface area contributed by atoms with Crippen molar-refractivity contribution in [3.63, 3.8) is 0 Å². The highest BCUT2D eigenvalue weighted by Crippen LogP contribution is 2.85. The number of halogens is 5. The molecule has 192 valence electrons. The van der Waals surface area contributed by atoms with Gasteiger partial charge in [-0.05, 0) is 49.1 Å². The van der Waals surface area contributed by atoms with Crippen LogP contribution in [-0.2, 0) is 11.7 Å². The molecule has 37 heavy (non-hydrogen) atoms. The Balaban J connectivity index is 1.23. The molecule has 2 aromatic heterocycles. The van der Waals surface area contributed by atoms with Crippen LogP contribution in [0.15, 0.2) is 28.9 Å². The third-order valence-electron chi connectivity index (χ3n) is 8.49. The molecule has 4 fully saturated rings. The van der Waals surface area contributed by atoms with Gasteiger partial charge in [0.05, 0.1) is 23.6 Å². The number of benzene rings is 1. The molecule has 8 nitrogen and oxygen atoms in total. The Morgan fingerprint density at radius 2 is 1.89 bits per heavy atom. The van der Waals surface area contributed by atoms with E-state index in [2.05, 4.69) is 25.5 Å². The summed E-state index contributed by atoms with van der Waals surface area (Å²) in [5.74, 6) is -1.12. The molecular weight excluding hydrogens is 499 g/mol. The molecule has 3 aromatic rings. The number of carbonyl (C=O) groups excluding carboxylic acids is 1. The lowest BCUT2D eigenvalue weighted by Gasteiger charge is -2.84. The molecule has 7 rings (SSSR count). The number of amides is 2. The molecular formula is C24H19F5N6O2. The second-order valence-electron chi connectivity index (χ2n) is 10.4. The van der Waals surface area contributed by atoms with Crippen LogP contribution in [0.25, 0.3) is 11.4 Å². The topological polar surface area (TPSA) is 97.0 Å². The average molecular weight is 518 g/mol.